The molecule has 1 heterocycles. The molecule has 2 saturated carbocycles. The van der Waals surface area contributed by atoms with Gasteiger partial charge >= 0.3 is 0 Å². The average Bonchev–Trinajstić information content (AvgIpc) is 2.84. The molecule has 2 N–H and O–H groups in total. The lowest BCUT2D eigenvalue weighted by atomic mass is 9.77. The number of likely N-dealkylation sites (tertiary alicyclic amines) is 1. The second kappa shape index (κ2) is 5.06. The molecule has 4 heteroatoms. The van der Waals surface area contributed by atoms with E-state index < -0.39 is 5.60 Å². The molecule has 0 spiro atoms. The van der Waals surface area contributed by atoms with E-state index in [2.05, 4.69) is 0 Å². The zero-order valence-corrected chi connectivity index (χ0v) is 11.6. The summed E-state index contributed by atoms with van der Waals surface area (Å²) in [6.07, 6.45) is 8.06. The smallest absolute Gasteiger partial charge is 0.254 e. The first kappa shape index (κ1) is 13.4. The van der Waals surface area contributed by atoms with Crippen molar-refractivity contribution in [3.05, 3.63) is 0 Å². The molecule has 3 rings (SSSR count). The number of hydrogen-bond donors (Lipinski definition) is 2. The van der Waals surface area contributed by atoms with Gasteiger partial charge in [-0.15, -0.1) is 0 Å². The summed E-state index contributed by atoms with van der Waals surface area (Å²) in [5.41, 5.74) is -1.08. The lowest BCUT2D eigenvalue weighted by molar-refractivity contribution is -0.163. The molecular weight excluding hydrogens is 242 g/mol. The van der Waals surface area contributed by atoms with Gasteiger partial charge in [-0.2, -0.15) is 0 Å². The van der Waals surface area contributed by atoms with Crippen LogP contribution in [0, 0.1) is 5.92 Å². The molecule has 19 heavy (non-hydrogen) atoms. The van der Waals surface area contributed by atoms with E-state index in [-0.39, 0.29) is 24.0 Å². The van der Waals surface area contributed by atoms with Crippen LogP contribution in [0.15, 0.2) is 0 Å². The van der Waals surface area contributed by atoms with Crippen LogP contribution < -0.4 is 0 Å². The minimum Gasteiger partial charge on any atom is -0.393 e. The molecule has 0 aromatic heterocycles. The number of nitrogens with zero attached hydrogens (tertiary/aromatic N) is 1. The predicted molar refractivity (Wildman–Crippen MR) is 71.5 cm³/mol. The fourth-order valence-corrected chi connectivity index (χ4v) is 4.07. The van der Waals surface area contributed by atoms with Gasteiger partial charge in [0.1, 0.15) is 5.60 Å². The highest BCUT2D eigenvalue weighted by Gasteiger charge is 2.48. The third-order valence-corrected chi connectivity index (χ3v) is 5.41. The van der Waals surface area contributed by atoms with Crippen LogP contribution in [0.25, 0.3) is 0 Å². The van der Waals surface area contributed by atoms with E-state index in [1.807, 2.05) is 4.90 Å². The lowest BCUT2D eigenvalue weighted by Crippen LogP contribution is -2.56. The van der Waals surface area contributed by atoms with Gasteiger partial charge in [-0.05, 0) is 44.9 Å². The first-order valence-corrected chi connectivity index (χ1v) is 7.83. The van der Waals surface area contributed by atoms with Crippen molar-refractivity contribution in [3.63, 3.8) is 0 Å². The zero-order valence-electron chi connectivity index (χ0n) is 11.6. The van der Waals surface area contributed by atoms with Crippen LogP contribution in [-0.2, 0) is 4.79 Å². The van der Waals surface area contributed by atoms with E-state index in [1.54, 1.807) is 0 Å². The van der Waals surface area contributed by atoms with Gasteiger partial charge in [-0.1, -0.05) is 12.8 Å². The van der Waals surface area contributed by atoms with Gasteiger partial charge < -0.3 is 15.1 Å². The van der Waals surface area contributed by atoms with Gasteiger partial charge in [0.15, 0.2) is 0 Å². The Morgan fingerprint density at radius 2 is 1.79 bits per heavy atom. The molecule has 2 aliphatic carbocycles. The first-order chi connectivity index (χ1) is 9.12. The Morgan fingerprint density at radius 3 is 2.42 bits per heavy atom. The Morgan fingerprint density at radius 1 is 1.05 bits per heavy atom. The summed E-state index contributed by atoms with van der Waals surface area (Å²) in [6.45, 7) is 0.759. The molecular formula is C15H25NO3. The van der Waals surface area contributed by atoms with Crippen molar-refractivity contribution in [3.8, 4) is 0 Å². The van der Waals surface area contributed by atoms with Gasteiger partial charge in [-0.3, -0.25) is 4.79 Å². The number of aliphatic hydroxyl groups excluding tert-OH is 1. The Kier molecular flexibility index (Phi) is 3.56. The molecule has 0 unspecified atom stereocenters. The fraction of sp³-hybridized carbons (Fsp3) is 0.933. The van der Waals surface area contributed by atoms with Crippen LogP contribution in [0.4, 0.5) is 0 Å². The number of hydrogen-bond acceptors (Lipinski definition) is 3. The molecule has 1 aliphatic heterocycles. The summed E-state index contributed by atoms with van der Waals surface area (Å²) in [6, 6.07) is 0.160. The number of aliphatic hydroxyl groups is 2. The van der Waals surface area contributed by atoms with Crippen molar-refractivity contribution >= 4 is 5.91 Å². The Balaban J connectivity index is 1.72. The summed E-state index contributed by atoms with van der Waals surface area (Å²) in [4.78, 5) is 14.4. The fourth-order valence-electron chi connectivity index (χ4n) is 4.07. The molecule has 4 nitrogen and oxygen atoms in total. The second-order valence-corrected chi connectivity index (χ2v) is 6.61. The van der Waals surface area contributed by atoms with Crippen LogP contribution in [0.2, 0.25) is 0 Å². The van der Waals surface area contributed by atoms with E-state index in [4.69, 9.17) is 0 Å². The van der Waals surface area contributed by atoms with E-state index in [0.717, 1.165) is 51.5 Å². The van der Waals surface area contributed by atoms with Crippen molar-refractivity contribution in [1.29, 1.82) is 0 Å². The third kappa shape index (κ3) is 2.29. The number of carbonyl (C=O) groups excluding carboxylic acids is 1. The van der Waals surface area contributed by atoms with Gasteiger partial charge in [0, 0.05) is 18.5 Å². The van der Waals surface area contributed by atoms with E-state index in [0.29, 0.717) is 12.8 Å². The van der Waals surface area contributed by atoms with Gasteiger partial charge in [0.2, 0.25) is 0 Å². The van der Waals surface area contributed by atoms with E-state index >= 15 is 0 Å². The monoisotopic (exact) mass is 267 g/mol. The molecule has 3 aliphatic rings. The van der Waals surface area contributed by atoms with Crippen molar-refractivity contribution in [2.24, 2.45) is 5.92 Å². The quantitative estimate of drug-likeness (QED) is 0.796. The minimum atomic E-state index is -1.08. The standard InChI is InChI=1S/C15H25NO3/c17-13-7-2-1-5-11(13)12-6-3-10-16(12)14(18)15(19)8-4-9-15/h11-13,17,19H,1-10H2/t11-,12+,13+/m0/s1. The molecule has 1 saturated heterocycles. The maximum absolute atomic E-state index is 12.5. The van der Waals surface area contributed by atoms with Crippen molar-refractivity contribution < 1.29 is 15.0 Å². The zero-order chi connectivity index (χ0) is 13.5. The Hall–Kier alpha value is -0.610. The predicted octanol–water partition coefficient (Wildman–Crippen LogP) is 1.44. The number of carbonyl (C=O) groups is 1. The molecule has 0 aromatic carbocycles. The highest BCUT2D eigenvalue weighted by Crippen LogP contribution is 2.39. The summed E-state index contributed by atoms with van der Waals surface area (Å²) < 4.78 is 0. The molecule has 0 aromatic rings. The van der Waals surface area contributed by atoms with Crippen molar-refractivity contribution in [2.45, 2.75) is 75.5 Å². The number of rotatable bonds is 2. The largest absolute Gasteiger partial charge is 0.393 e. The Bertz CT molecular complexity index is 353. The maximum atomic E-state index is 12.5. The van der Waals surface area contributed by atoms with Crippen molar-refractivity contribution in [2.75, 3.05) is 6.54 Å². The molecule has 0 radical (unpaired) electrons. The molecule has 3 fully saturated rings. The molecule has 1 amide bonds. The van der Waals surface area contributed by atoms with Crippen LogP contribution in [-0.4, -0.2) is 45.3 Å². The summed E-state index contributed by atoms with van der Waals surface area (Å²) >= 11 is 0. The lowest BCUT2D eigenvalue weighted by Gasteiger charge is -2.43. The second-order valence-electron chi connectivity index (χ2n) is 6.61. The van der Waals surface area contributed by atoms with Gasteiger partial charge in [0.05, 0.1) is 6.10 Å². The van der Waals surface area contributed by atoms with Gasteiger partial charge in [0.25, 0.3) is 5.91 Å². The highest BCUT2D eigenvalue weighted by atomic mass is 16.3. The van der Waals surface area contributed by atoms with Gasteiger partial charge in [-0.25, -0.2) is 0 Å². The normalized spacial score (nSPS) is 38.0. The summed E-state index contributed by atoms with van der Waals surface area (Å²) in [5.74, 6) is 0.155. The molecule has 3 atom stereocenters. The highest BCUT2D eigenvalue weighted by molar-refractivity contribution is 5.86. The summed E-state index contributed by atoms with van der Waals surface area (Å²) in [5, 5.41) is 20.5. The average molecular weight is 267 g/mol. The van der Waals surface area contributed by atoms with Crippen LogP contribution in [0.5, 0.6) is 0 Å². The van der Waals surface area contributed by atoms with E-state index in [9.17, 15) is 15.0 Å². The Labute approximate surface area is 114 Å². The summed E-state index contributed by atoms with van der Waals surface area (Å²) in [7, 11) is 0. The third-order valence-electron chi connectivity index (χ3n) is 5.41. The minimum absolute atomic E-state index is 0.0703. The SMILES string of the molecule is O=C(N1CCC[C@@H]1[C@@H]1CCCC[C@H]1O)C1(O)CCC1. The topological polar surface area (TPSA) is 60.8 Å². The first-order valence-electron chi connectivity index (χ1n) is 7.83. The van der Waals surface area contributed by atoms with Crippen molar-refractivity contribution in [1.82, 2.24) is 4.90 Å². The number of amides is 1. The molecule has 108 valence electrons. The van der Waals surface area contributed by atoms with Crippen LogP contribution >= 0.6 is 0 Å². The maximum Gasteiger partial charge on any atom is 0.254 e. The van der Waals surface area contributed by atoms with Crippen LogP contribution in [0.1, 0.15) is 57.8 Å². The van der Waals surface area contributed by atoms with E-state index in [1.165, 1.54) is 0 Å². The van der Waals surface area contributed by atoms with Crippen LogP contribution in [0.3, 0.4) is 0 Å². The molecule has 0 bridgehead atoms.